The van der Waals surface area contributed by atoms with Gasteiger partial charge in [-0.05, 0) is 60.5 Å². The fourth-order valence-electron chi connectivity index (χ4n) is 3.39. The molecule has 0 radical (unpaired) electrons. The fraction of sp³-hybridized carbons (Fsp3) is 0.167. The van der Waals surface area contributed by atoms with E-state index in [0.717, 1.165) is 33.9 Å². The first kappa shape index (κ1) is 19.6. The maximum absolute atomic E-state index is 13.3. The summed E-state index contributed by atoms with van der Waals surface area (Å²) in [6.07, 6.45) is 2.78. The summed E-state index contributed by atoms with van der Waals surface area (Å²) in [7, 11) is 1.62. The lowest BCUT2D eigenvalue weighted by atomic mass is 10.1. The van der Waals surface area contributed by atoms with Crippen LogP contribution in [-0.4, -0.2) is 22.4 Å². The van der Waals surface area contributed by atoms with Crippen LogP contribution in [0.5, 0.6) is 5.75 Å². The molecule has 4 aromatic rings. The standard InChI is InChI=1S/C24H22FN3O2/c1-30-20-11-5-17(6-12-20)16-26-23(29)14-13-21-24(18-7-9-19(25)10-8-18)27-22-4-2-3-15-28(21)22/h2-12,15H,13-14,16H2,1H3,(H,26,29). The normalized spacial score (nSPS) is 10.9. The van der Waals surface area contributed by atoms with E-state index in [4.69, 9.17) is 9.72 Å². The quantitative estimate of drug-likeness (QED) is 0.498. The molecule has 0 aliphatic rings. The number of methoxy groups -OCH3 is 1. The fourth-order valence-corrected chi connectivity index (χ4v) is 3.39. The number of carbonyl (C=O) groups is 1. The van der Waals surface area contributed by atoms with E-state index in [0.29, 0.717) is 19.4 Å². The van der Waals surface area contributed by atoms with Crippen molar-refractivity contribution in [2.75, 3.05) is 7.11 Å². The highest BCUT2D eigenvalue weighted by Gasteiger charge is 2.15. The lowest BCUT2D eigenvalue weighted by Crippen LogP contribution is -2.23. The van der Waals surface area contributed by atoms with Gasteiger partial charge in [0.1, 0.15) is 17.2 Å². The van der Waals surface area contributed by atoms with Crippen LogP contribution in [-0.2, 0) is 17.8 Å². The largest absolute Gasteiger partial charge is 0.497 e. The van der Waals surface area contributed by atoms with E-state index < -0.39 is 0 Å². The van der Waals surface area contributed by atoms with Crippen molar-refractivity contribution in [3.8, 4) is 17.0 Å². The Morgan fingerprint density at radius 2 is 1.83 bits per heavy atom. The van der Waals surface area contributed by atoms with Crippen molar-refractivity contribution in [3.63, 3.8) is 0 Å². The molecule has 0 bridgehead atoms. The summed E-state index contributed by atoms with van der Waals surface area (Å²) in [5.41, 5.74) is 4.33. The van der Waals surface area contributed by atoms with Crippen LogP contribution < -0.4 is 10.1 Å². The molecule has 0 atom stereocenters. The molecule has 2 heterocycles. The van der Waals surface area contributed by atoms with Crippen molar-refractivity contribution in [1.82, 2.24) is 14.7 Å². The molecule has 152 valence electrons. The number of nitrogens with one attached hydrogen (secondary N) is 1. The van der Waals surface area contributed by atoms with Gasteiger partial charge in [0.05, 0.1) is 18.5 Å². The maximum Gasteiger partial charge on any atom is 0.220 e. The van der Waals surface area contributed by atoms with Gasteiger partial charge in [-0.25, -0.2) is 9.37 Å². The third-order valence-electron chi connectivity index (χ3n) is 4.98. The first-order valence-electron chi connectivity index (χ1n) is 9.75. The van der Waals surface area contributed by atoms with Crippen LogP contribution in [0.25, 0.3) is 16.9 Å². The number of carbonyl (C=O) groups excluding carboxylic acids is 1. The molecule has 0 saturated carbocycles. The number of imidazole rings is 1. The van der Waals surface area contributed by atoms with E-state index in [1.165, 1.54) is 12.1 Å². The first-order valence-corrected chi connectivity index (χ1v) is 9.75. The number of aryl methyl sites for hydroxylation is 1. The average molecular weight is 403 g/mol. The SMILES string of the molecule is COc1ccc(CNC(=O)CCc2c(-c3ccc(F)cc3)nc3ccccn23)cc1. The number of amides is 1. The molecule has 0 fully saturated rings. The van der Waals surface area contributed by atoms with Gasteiger partial charge in [-0.15, -0.1) is 0 Å². The van der Waals surface area contributed by atoms with E-state index >= 15 is 0 Å². The predicted molar refractivity (Wildman–Crippen MR) is 114 cm³/mol. The van der Waals surface area contributed by atoms with Gasteiger partial charge in [0.15, 0.2) is 0 Å². The zero-order chi connectivity index (χ0) is 20.9. The van der Waals surface area contributed by atoms with Crippen LogP contribution in [0.1, 0.15) is 17.7 Å². The number of nitrogens with zero attached hydrogens (tertiary/aromatic N) is 2. The van der Waals surface area contributed by atoms with Gasteiger partial charge < -0.3 is 14.5 Å². The van der Waals surface area contributed by atoms with Gasteiger partial charge in [-0.2, -0.15) is 0 Å². The summed E-state index contributed by atoms with van der Waals surface area (Å²) in [5.74, 6) is 0.453. The highest BCUT2D eigenvalue weighted by atomic mass is 19.1. The Morgan fingerprint density at radius 1 is 1.07 bits per heavy atom. The zero-order valence-corrected chi connectivity index (χ0v) is 16.6. The Kier molecular flexibility index (Phi) is 5.75. The summed E-state index contributed by atoms with van der Waals surface area (Å²) in [4.78, 5) is 17.1. The lowest BCUT2D eigenvalue weighted by molar-refractivity contribution is -0.121. The van der Waals surface area contributed by atoms with Gasteiger partial charge in [0.2, 0.25) is 5.91 Å². The molecule has 1 N–H and O–H groups in total. The highest BCUT2D eigenvalue weighted by molar-refractivity contribution is 5.77. The maximum atomic E-state index is 13.3. The zero-order valence-electron chi connectivity index (χ0n) is 16.6. The predicted octanol–water partition coefficient (Wildman–Crippen LogP) is 4.40. The number of ether oxygens (including phenoxy) is 1. The Labute approximate surface area is 174 Å². The Balaban J connectivity index is 1.48. The van der Waals surface area contributed by atoms with Crippen molar-refractivity contribution in [3.05, 3.63) is 90.0 Å². The number of halogens is 1. The smallest absolute Gasteiger partial charge is 0.220 e. The highest BCUT2D eigenvalue weighted by Crippen LogP contribution is 2.26. The second kappa shape index (κ2) is 8.78. The van der Waals surface area contributed by atoms with Crippen molar-refractivity contribution < 1.29 is 13.9 Å². The molecule has 4 rings (SSSR count). The molecule has 30 heavy (non-hydrogen) atoms. The number of fused-ring (bicyclic) bond motifs is 1. The molecule has 0 saturated heterocycles. The third kappa shape index (κ3) is 4.33. The topological polar surface area (TPSA) is 55.6 Å². The summed E-state index contributed by atoms with van der Waals surface area (Å²) in [5, 5.41) is 2.95. The van der Waals surface area contributed by atoms with E-state index in [2.05, 4.69) is 5.32 Å². The second-order valence-electron chi connectivity index (χ2n) is 6.97. The molecular weight excluding hydrogens is 381 g/mol. The van der Waals surface area contributed by atoms with Crippen molar-refractivity contribution in [2.45, 2.75) is 19.4 Å². The summed E-state index contributed by atoms with van der Waals surface area (Å²) in [6, 6.07) is 19.6. The molecule has 6 heteroatoms. The van der Waals surface area contributed by atoms with E-state index in [-0.39, 0.29) is 11.7 Å². The lowest BCUT2D eigenvalue weighted by Gasteiger charge is -2.08. The molecule has 0 unspecified atom stereocenters. The van der Waals surface area contributed by atoms with Gasteiger partial charge in [0.25, 0.3) is 0 Å². The molecule has 2 aromatic carbocycles. The van der Waals surface area contributed by atoms with Gasteiger partial charge in [-0.3, -0.25) is 4.79 Å². The van der Waals surface area contributed by atoms with E-state index in [9.17, 15) is 9.18 Å². The van der Waals surface area contributed by atoms with E-state index in [1.807, 2.05) is 53.1 Å². The van der Waals surface area contributed by atoms with Crippen LogP contribution >= 0.6 is 0 Å². The molecular formula is C24H22FN3O2. The first-order chi connectivity index (χ1) is 14.6. The molecule has 0 aliphatic heterocycles. The van der Waals surface area contributed by atoms with Gasteiger partial charge >= 0.3 is 0 Å². The van der Waals surface area contributed by atoms with Gasteiger partial charge in [-0.1, -0.05) is 18.2 Å². The minimum absolute atomic E-state index is 0.0400. The van der Waals surface area contributed by atoms with Crippen molar-refractivity contribution in [2.24, 2.45) is 0 Å². The van der Waals surface area contributed by atoms with Crippen LogP contribution in [0.2, 0.25) is 0 Å². The molecule has 0 aliphatic carbocycles. The minimum Gasteiger partial charge on any atom is -0.497 e. The molecule has 0 spiro atoms. The van der Waals surface area contributed by atoms with Crippen molar-refractivity contribution >= 4 is 11.6 Å². The molecule has 1 amide bonds. The van der Waals surface area contributed by atoms with Crippen molar-refractivity contribution in [1.29, 1.82) is 0 Å². The number of hydrogen-bond donors (Lipinski definition) is 1. The second-order valence-corrected chi connectivity index (χ2v) is 6.97. The number of aromatic nitrogens is 2. The number of pyridine rings is 1. The molecule has 5 nitrogen and oxygen atoms in total. The Hall–Kier alpha value is -3.67. The number of benzene rings is 2. The summed E-state index contributed by atoms with van der Waals surface area (Å²) in [6.45, 7) is 0.459. The number of hydrogen-bond acceptors (Lipinski definition) is 3. The Bertz CT molecular complexity index is 1150. The number of rotatable bonds is 7. The summed E-state index contributed by atoms with van der Waals surface area (Å²) < 4.78 is 20.5. The van der Waals surface area contributed by atoms with E-state index in [1.54, 1.807) is 19.2 Å². The monoisotopic (exact) mass is 403 g/mol. The average Bonchev–Trinajstić information content (AvgIpc) is 3.15. The van der Waals surface area contributed by atoms with Crippen LogP contribution in [0.15, 0.2) is 72.9 Å². The van der Waals surface area contributed by atoms with Crippen LogP contribution in [0.3, 0.4) is 0 Å². The van der Waals surface area contributed by atoms with Crippen LogP contribution in [0, 0.1) is 5.82 Å². The van der Waals surface area contributed by atoms with Gasteiger partial charge in [0, 0.05) is 24.7 Å². The third-order valence-corrected chi connectivity index (χ3v) is 4.98. The van der Waals surface area contributed by atoms with Crippen LogP contribution in [0.4, 0.5) is 4.39 Å². The Morgan fingerprint density at radius 3 is 2.57 bits per heavy atom. The summed E-state index contributed by atoms with van der Waals surface area (Å²) >= 11 is 0. The minimum atomic E-state index is -0.290. The molecule has 2 aromatic heterocycles.